The summed E-state index contributed by atoms with van der Waals surface area (Å²) in [7, 11) is 0. The molecule has 78 valence electrons. The van der Waals surface area contributed by atoms with Crippen molar-refractivity contribution < 1.29 is 4.79 Å². The van der Waals surface area contributed by atoms with Crippen molar-refractivity contribution in [2.45, 2.75) is 53.4 Å². The first-order valence-electron chi connectivity index (χ1n) is 5.12. The number of nitrogens with two attached hydrogens (primary N) is 1. The van der Waals surface area contributed by atoms with Crippen LogP contribution in [0.25, 0.3) is 0 Å². The zero-order valence-corrected chi connectivity index (χ0v) is 9.39. The van der Waals surface area contributed by atoms with Crippen LogP contribution in [0.4, 0.5) is 0 Å². The first-order valence-corrected chi connectivity index (χ1v) is 5.12. The molecule has 13 heavy (non-hydrogen) atoms. The fraction of sp³-hybridized carbons (Fsp3) is 0.909. The van der Waals surface area contributed by atoms with Crippen molar-refractivity contribution >= 4 is 5.91 Å². The largest absolute Gasteiger partial charge is 0.369 e. The average molecular weight is 185 g/mol. The highest BCUT2D eigenvalue weighted by atomic mass is 16.1. The number of unbranched alkanes of at least 4 members (excludes halogenated alkanes) is 1. The van der Waals surface area contributed by atoms with E-state index in [1.807, 2.05) is 6.92 Å². The Labute approximate surface area is 81.9 Å². The van der Waals surface area contributed by atoms with Crippen LogP contribution in [0, 0.1) is 11.3 Å². The molecule has 1 unspecified atom stereocenters. The molecule has 0 aliphatic carbocycles. The van der Waals surface area contributed by atoms with Crippen LogP contribution in [-0.4, -0.2) is 5.91 Å². The maximum absolute atomic E-state index is 10.7. The molecule has 2 N–H and O–H groups in total. The molecular formula is C11H23NO. The highest BCUT2D eigenvalue weighted by Gasteiger charge is 2.11. The van der Waals surface area contributed by atoms with Crippen LogP contribution < -0.4 is 5.73 Å². The van der Waals surface area contributed by atoms with Crippen molar-refractivity contribution in [3.05, 3.63) is 0 Å². The molecule has 0 saturated heterocycles. The van der Waals surface area contributed by atoms with Crippen LogP contribution in [0.2, 0.25) is 0 Å². The van der Waals surface area contributed by atoms with Crippen LogP contribution in [-0.2, 0) is 4.79 Å². The molecule has 0 aromatic carbocycles. The molecule has 1 amide bonds. The quantitative estimate of drug-likeness (QED) is 0.657. The van der Waals surface area contributed by atoms with Gasteiger partial charge in [-0.2, -0.15) is 0 Å². The lowest BCUT2D eigenvalue weighted by Gasteiger charge is -2.17. The van der Waals surface area contributed by atoms with Gasteiger partial charge in [0.25, 0.3) is 0 Å². The normalized spacial score (nSPS) is 14.2. The summed E-state index contributed by atoms with van der Waals surface area (Å²) < 4.78 is 0. The van der Waals surface area contributed by atoms with E-state index in [2.05, 4.69) is 20.8 Å². The van der Waals surface area contributed by atoms with E-state index < -0.39 is 0 Å². The van der Waals surface area contributed by atoms with Crippen LogP contribution in [0.5, 0.6) is 0 Å². The molecule has 0 aromatic heterocycles. The summed E-state index contributed by atoms with van der Waals surface area (Å²) in [4.78, 5) is 10.7. The zero-order valence-electron chi connectivity index (χ0n) is 9.39. The molecule has 2 nitrogen and oxygen atoms in total. The van der Waals surface area contributed by atoms with Gasteiger partial charge in [-0.3, -0.25) is 4.79 Å². The average Bonchev–Trinajstić information content (AvgIpc) is 1.95. The second-order valence-electron chi connectivity index (χ2n) is 5.11. The van der Waals surface area contributed by atoms with E-state index >= 15 is 0 Å². The summed E-state index contributed by atoms with van der Waals surface area (Å²) in [5, 5.41) is 0. The van der Waals surface area contributed by atoms with Crippen molar-refractivity contribution in [1.82, 2.24) is 0 Å². The number of rotatable bonds is 5. The van der Waals surface area contributed by atoms with E-state index in [9.17, 15) is 4.79 Å². The molecule has 2 heteroatoms. The van der Waals surface area contributed by atoms with Gasteiger partial charge in [0.2, 0.25) is 5.91 Å². The van der Waals surface area contributed by atoms with Crippen molar-refractivity contribution in [3.8, 4) is 0 Å². The summed E-state index contributed by atoms with van der Waals surface area (Å²) in [5.41, 5.74) is 5.58. The van der Waals surface area contributed by atoms with E-state index in [0.29, 0.717) is 5.41 Å². The molecule has 0 radical (unpaired) electrons. The molecule has 0 saturated carbocycles. The third-order valence-corrected chi connectivity index (χ3v) is 2.30. The van der Waals surface area contributed by atoms with E-state index in [4.69, 9.17) is 5.73 Å². The summed E-state index contributed by atoms with van der Waals surface area (Å²) in [6.07, 6.45) is 4.46. The van der Waals surface area contributed by atoms with Crippen molar-refractivity contribution in [2.75, 3.05) is 0 Å². The predicted octanol–water partition coefficient (Wildman–Crippen LogP) is 2.71. The number of hydrogen-bond acceptors (Lipinski definition) is 1. The van der Waals surface area contributed by atoms with Gasteiger partial charge in [-0.15, -0.1) is 0 Å². The molecule has 0 bridgehead atoms. The minimum absolute atomic E-state index is 0.0416. The number of carbonyl (C=O) groups is 1. The molecule has 0 spiro atoms. The Morgan fingerprint density at radius 3 is 2.23 bits per heavy atom. The van der Waals surface area contributed by atoms with Crippen molar-refractivity contribution in [3.63, 3.8) is 0 Å². The smallest absolute Gasteiger partial charge is 0.220 e. The lowest BCUT2D eigenvalue weighted by molar-refractivity contribution is -0.121. The summed E-state index contributed by atoms with van der Waals surface area (Å²) in [6.45, 7) is 8.62. The van der Waals surface area contributed by atoms with Gasteiger partial charge in [-0.1, -0.05) is 40.5 Å². The van der Waals surface area contributed by atoms with Gasteiger partial charge in [-0.05, 0) is 18.3 Å². The van der Waals surface area contributed by atoms with Gasteiger partial charge in [0.05, 0.1) is 0 Å². The van der Waals surface area contributed by atoms with Crippen molar-refractivity contribution in [2.24, 2.45) is 17.1 Å². The number of hydrogen-bond donors (Lipinski definition) is 1. The van der Waals surface area contributed by atoms with Gasteiger partial charge in [0, 0.05) is 5.92 Å². The zero-order chi connectivity index (χ0) is 10.5. The van der Waals surface area contributed by atoms with E-state index in [1.165, 1.54) is 12.8 Å². The molecule has 0 aromatic rings. The fourth-order valence-corrected chi connectivity index (χ4v) is 1.25. The first kappa shape index (κ1) is 12.5. The van der Waals surface area contributed by atoms with Gasteiger partial charge in [0.1, 0.15) is 0 Å². The second-order valence-corrected chi connectivity index (χ2v) is 5.11. The van der Waals surface area contributed by atoms with Crippen LogP contribution in [0.1, 0.15) is 53.4 Å². The van der Waals surface area contributed by atoms with Gasteiger partial charge in [-0.25, -0.2) is 0 Å². The number of amides is 1. The lowest BCUT2D eigenvalue weighted by Crippen LogP contribution is -2.20. The number of carbonyl (C=O) groups excluding carboxylic acids is 1. The van der Waals surface area contributed by atoms with E-state index in [1.54, 1.807) is 0 Å². The molecule has 0 rings (SSSR count). The Hall–Kier alpha value is -0.530. The van der Waals surface area contributed by atoms with Crippen LogP contribution in [0.3, 0.4) is 0 Å². The third kappa shape index (κ3) is 7.82. The van der Waals surface area contributed by atoms with Gasteiger partial charge >= 0.3 is 0 Å². The molecular weight excluding hydrogens is 162 g/mol. The maximum atomic E-state index is 10.7. The van der Waals surface area contributed by atoms with E-state index in [0.717, 1.165) is 12.8 Å². The highest BCUT2D eigenvalue weighted by molar-refractivity contribution is 5.76. The Balaban J connectivity index is 3.41. The lowest BCUT2D eigenvalue weighted by atomic mass is 9.88. The summed E-state index contributed by atoms with van der Waals surface area (Å²) >= 11 is 0. The van der Waals surface area contributed by atoms with E-state index in [-0.39, 0.29) is 11.8 Å². The van der Waals surface area contributed by atoms with Gasteiger partial charge in [0.15, 0.2) is 0 Å². The molecule has 1 atom stereocenters. The van der Waals surface area contributed by atoms with Gasteiger partial charge < -0.3 is 5.73 Å². The van der Waals surface area contributed by atoms with Crippen LogP contribution >= 0.6 is 0 Å². The predicted molar refractivity (Wildman–Crippen MR) is 56.3 cm³/mol. The topological polar surface area (TPSA) is 43.1 Å². The fourth-order valence-electron chi connectivity index (χ4n) is 1.25. The molecule has 0 fully saturated rings. The standard InChI is InChI=1S/C11H23NO/c1-9(10(12)13)7-5-6-8-11(2,3)4/h9H,5-8H2,1-4H3,(H2,12,13). The highest BCUT2D eigenvalue weighted by Crippen LogP contribution is 2.22. The Kier molecular flexibility index (Phi) is 5.04. The van der Waals surface area contributed by atoms with Crippen molar-refractivity contribution in [1.29, 1.82) is 0 Å². The monoisotopic (exact) mass is 185 g/mol. The second kappa shape index (κ2) is 5.25. The number of primary amides is 1. The third-order valence-electron chi connectivity index (χ3n) is 2.30. The molecule has 0 aliphatic rings. The summed E-state index contributed by atoms with van der Waals surface area (Å²) in [5.74, 6) is -0.129. The van der Waals surface area contributed by atoms with Crippen LogP contribution in [0.15, 0.2) is 0 Å². The Morgan fingerprint density at radius 1 is 1.31 bits per heavy atom. The minimum atomic E-state index is -0.171. The first-order chi connectivity index (χ1) is 5.83. The Morgan fingerprint density at radius 2 is 1.85 bits per heavy atom. The maximum Gasteiger partial charge on any atom is 0.220 e. The molecule has 0 heterocycles. The Bertz CT molecular complexity index is 158. The summed E-state index contributed by atoms with van der Waals surface area (Å²) in [6, 6.07) is 0. The molecule has 0 aliphatic heterocycles. The minimum Gasteiger partial charge on any atom is -0.369 e. The SMILES string of the molecule is CC(CCCCC(C)(C)C)C(N)=O.